The van der Waals surface area contributed by atoms with Gasteiger partial charge >= 0.3 is 0 Å². The monoisotopic (exact) mass is 387 g/mol. The van der Waals surface area contributed by atoms with Crippen molar-refractivity contribution in [2.75, 3.05) is 52.5 Å². The second-order valence-electron chi connectivity index (χ2n) is 8.47. The van der Waals surface area contributed by atoms with Gasteiger partial charge in [-0.1, -0.05) is 6.07 Å². The van der Waals surface area contributed by atoms with E-state index < -0.39 is 0 Å². The van der Waals surface area contributed by atoms with Crippen molar-refractivity contribution in [3.05, 3.63) is 23.3 Å². The van der Waals surface area contributed by atoms with E-state index in [0.717, 1.165) is 63.4 Å². The number of likely N-dealkylation sites (tertiary alicyclic amines) is 1. The van der Waals surface area contributed by atoms with Crippen molar-refractivity contribution >= 4 is 5.91 Å². The molecule has 0 spiro atoms. The van der Waals surface area contributed by atoms with Gasteiger partial charge in [0, 0.05) is 51.4 Å². The van der Waals surface area contributed by atoms with E-state index in [-0.39, 0.29) is 5.91 Å². The molecule has 0 radical (unpaired) electrons. The minimum absolute atomic E-state index is 0.0739. The summed E-state index contributed by atoms with van der Waals surface area (Å²) in [7, 11) is 0. The molecular weight excluding hydrogens is 354 g/mol. The normalized spacial score (nSPS) is 21.9. The Bertz CT molecular complexity index is 705. The zero-order valence-electron chi connectivity index (χ0n) is 17.4. The molecule has 6 nitrogen and oxygen atoms in total. The number of piperazine rings is 1. The first kappa shape index (κ1) is 19.5. The summed E-state index contributed by atoms with van der Waals surface area (Å²) in [6.07, 6.45) is 2.11. The number of fused-ring (bicyclic) bond motifs is 1. The number of carbonyl (C=O) groups is 1. The van der Waals surface area contributed by atoms with Crippen LogP contribution in [0.5, 0.6) is 11.5 Å². The molecule has 0 aliphatic carbocycles. The van der Waals surface area contributed by atoms with E-state index >= 15 is 0 Å². The van der Waals surface area contributed by atoms with Gasteiger partial charge in [-0.25, -0.2) is 0 Å². The average Bonchev–Trinajstić information content (AvgIpc) is 2.74. The van der Waals surface area contributed by atoms with Gasteiger partial charge in [-0.3, -0.25) is 14.6 Å². The number of hydrogen-bond donors (Lipinski definition) is 0. The predicted molar refractivity (Wildman–Crippen MR) is 109 cm³/mol. The first-order chi connectivity index (χ1) is 13.5. The van der Waals surface area contributed by atoms with E-state index in [0.29, 0.717) is 36.6 Å². The van der Waals surface area contributed by atoms with Gasteiger partial charge in [-0.15, -0.1) is 0 Å². The van der Waals surface area contributed by atoms with E-state index in [1.165, 1.54) is 0 Å². The first-order valence-corrected chi connectivity index (χ1v) is 10.7. The number of benzene rings is 1. The van der Waals surface area contributed by atoms with Crippen molar-refractivity contribution in [1.82, 2.24) is 14.7 Å². The first-order valence-electron chi connectivity index (χ1n) is 10.7. The number of hydrogen-bond acceptors (Lipinski definition) is 5. The number of ether oxygens (including phenoxy) is 2. The Kier molecular flexibility index (Phi) is 5.78. The SMILES string of the molecule is Cc1ccc(C(=O)N2CCC(N3CCN(C(C)C)CC3)CC2)c2c1OCCO2. The third kappa shape index (κ3) is 3.85. The molecule has 3 aliphatic heterocycles. The number of rotatable bonds is 3. The molecule has 0 unspecified atom stereocenters. The summed E-state index contributed by atoms with van der Waals surface area (Å²) < 4.78 is 11.6. The summed E-state index contributed by atoms with van der Waals surface area (Å²) in [4.78, 5) is 20.3. The van der Waals surface area contributed by atoms with E-state index in [1.807, 2.05) is 24.0 Å². The molecule has 28 heavy (non-hydrogen) atoms. The molecular formula is C22H33N3O3. The largest absolute Gasteiger partial charge is 0.486 e. The van der Waals surface area contributed by atoms with E-state index in [9.17, 15) is 4.79 Å². The average molecular weight is 388 g/mol. The molecule has 0 bridgehead atoms. The van der Waals surface area contributed by atoms with Crippen LogP contribution < -0.4 is 9.47 Å². The standard InChI is InChI=1S/C22H33N3O3/c1-16(2)23-10-12-24(13-11-23)18-6-8-25(9-7-18)22(26)19-5-4-17(3)20-21(19)28-15-14-27-20/h4-5,16,18H,6-15H2,1-3H3. The summed E-state index contributed by atoms with van der Waals surface area (Å²) >= 11 is 0. The molecule has 4 rings (SSSR count). The van der Waals surface area contributed by atoms with Gasteiger partial charge in [0.15, 0.2) is 11.5 Å². The molecule has 0 atom stereocenters. The molecule has 6 heteroatoms. The minimum Gasteiger partial charge on any atom is -0.486 e. The van der Waals surface area contributed by atoms with Gasteiger partial charge in [0.05, 0.1) is 5.56 Å². The van der Waals surface area contributed by atoms with Crippen LogP contribution in [0, 0.1) is 6.92 Å². The number of nitrogens with zero attached hydrogens (tertiary/aromatic N) is 3. The quantitative estimate of drug-likeness (QED) is 0.797. The smallest absolute Gasteiger partial charge is 0.257 e. The zero-order valence-corrected chi connectivity index (χ0v) is 17.4. The van der Waals surface area contributed by atoms with Gasteiger partial charge < -0.3 is 14.4 Å². The van der Waals surface area contributed by atoms with Crippen LogP contribution in [0.4, 0.5) is 0 Å². The molecule has 0 aromatic heterocycles. The zero-order chi connectivity index (χ0) is 19.7. The highest BCUT2D eigenvalue weighted by Gasteiger charge is 2.32. The molecule has 3 heterocycles. The van der Waals surface area contributed by atoms with Gasteiger partial charge in [-0.2, -0.15) is 0 Å². The summed E-state index contributed by atoms with van der Waals surface area (Å²) in [5.74, 6) is 1.43. The van der Waals surface area contributed by atoms with E-state index in [2.05, 4.69) is 23.6 Å². The topological polar surface area (TPSA) is 45.3 Å². The van der Waals surface area contributed by atoms with Crippen LogP contribution in [-0.2, 0) is 0 Å². The number of amides is 1. The Hall–Kier alpha value is -1.79. The molecule has 0 saturated carbocycles. The third-order valence-electron chi connectivity index (χ3n) is 6.46. The Morgan fingerprint density at radius 1 is 0.964 bits per heavy atom. The van der Waals surface area contributed by atoms with Crippen LogP contribution in [0.1, 0.15) is 42.6 Å². The van der Waals surface area contributed by atoms with E-state index in [4.69, 9.17) is 9.47 Å². The van der Waals surface area contributed by atoms with Crippen molar-refractivity contribution in [1.29, 1.82) is 0 Å². The lowest BCUT2D eigenvalue weighted by Gasteiger charge is -2.43. The number of piperidine rings is 1. The fraction of sp³-hybridized carbons (Fsp3) is 0.682. The molecule has 1 aromatic rings. The van der Waals surface area contributed by atoms with Crippen molar-refractivity contribution in [3.63, 3.8) is 0 Å². The lowest BCUT2D eigenvalue weighted by molar-refractivity contribution is 0.0417. The molecule has 2 fully saturated rings. The third-order valence-corrected chi connectivity index (χ3v) is 6.46. The van der Waals surface area contributed by atoms with Gasteiger partial charge in [0.1, 0.15) is 13.2 Å². The highest BCUT2D eigenvalue weighted by Crippen LogP contribution is 2.37. The van der Waals surface area contributed by atoms with Crippen molar-refractivity contribution in [2.24, 2.45) is 0 Å². The maximum absolute atomic E-state index is 13.2. The maximum Gasteiger partial charge on any atom is 0.257 e. The Labute approximate surface area is 168 Å². The van der Waals surface area contributed by atoms with Crippen LogP contribution in [0.2, 0.25) is 0 Å². The van der Waals surface area contributed by atoms with Crippen LogP contribution in [0.25, 0.3) is 0 Å². The second kappa shape index (κ2) is 8.29. The fourth-order valence-electron chi connectivity index (χ4n) is 4.66. The number of carbonyl (C=O) groups excluding carboxylic acids is 1. The Morgan fingerprint density at radius 2 is 1.61 bits per heavy atom. The highest BCUT2D eigenvalue weighted by atomic mass is 16.6. The molecule has 1 aromatic carbocycles. The Morgan fingerprint density at radius 3 is 2.25 bits per heavy atom. The number of aryl methyl sites for hydroxylation is 1. The Balaban J connectivity index is 1.36. The van der Waals surface area contributed by atoms with Crippen LogP contribution in [-0.4, -0.2) is 85.2 Å². The summed E-state index contributed by atoms with van der Waals surface area (Å²) in [5, 5.41) is 0. The summed E-state index contributed by atoms with van der Waals surface area (Å²) in [6, 6.07) is 5.09. The van der Waals surface area contributed by atoms with Crippen LogP contribution in [0.3, 0.4) is 0 Å². The lowest BCUT2D eigenvalue weighted by Crippen LogP contribution is -2.54. The van der Waals surface area contributed by atoms with Crippen molar-refractivity contribution in [3.8, 4) is 11.5 Å². The van der Waals surface area contributed by atoms with Crippen LogP contribution in [0.15, 0.2) is 12.1 Å². The maximum atomic E-state index is 13.2. The van der Waals surface area contributed by atoms with Crippen molar-refractivity contribution < 1.29 is 14.3 Å². The van der Waals surface area contributed by atoms with Gasteiger partial charge in [-0.05, 0) is 45.2 Å². The minimum atomic E-state index is 0.0739. The summed E-state index contributed by atoms with van der Waals surface area (Å²) in [5.41, 5.74) is 1.66. The molecule has 1 amide bonds. The van der Waals surface area contributed by atoms with Crippen molar-refractivity contribution in [2.45, 2.75) is 45.7 Å². The molecule has 154 valence electrons. The predicted octanol–water partition coefficient (Wildman–Crippen LogP) is 2.40. The summed E-state index contributed by atoms with van der Waals surface area (Å²) in [6.45, 7) is 13.8. The van der Waals surface area contributed by atoms with Gasteiger partial charge in [0.25, 0.3) is 5.91 Å². The molecule has 0 N–H and O–H groups in total. The molecule has 3 aliphatic rings. The van der Waals surface area contributed by atoms with Gasteiger partial charge in [0.2, 0.25) is 0 Å². The highest BCUT2D eigenvalue weighted by molar-refractivity contribution is 5.98. The second-order valence-corrected chi connectivity index (χ2v) is 8.47. The fourth-order valence-corrected chi connectivity index (χ4v) is 4.66. The lowest BCUT2D eigenvalue weighted by atomic mass is 10.0. The van der Waals surface area contributed by atoms with E-state index in [1.54, 1.807) is 0 Å². The van der Waals surface area contributed by atoms with Crippen LogP contribution >= 0.6 is 0 Å². The molecule has 2 saturated heterocycles.